The molecule has 0 radical (unpaired) electrons. The molecule has 2 aromatic rings. The molecule has 0 aromatic heterocycles. The van der Waals surface area contributed by atoms with E-state index in [9.17, 15) is 14.4 Å². The van der Waals surface area contributed by atoms with Crippen LogP contribution in [0.3, 0.4) is 0 Å². The van der Waals surface area contributed by atoms with Gasteiger partial charge in [0.05, 0.1) is 18.5 Å². The highest BCUT2D eigenvalue weighted by molar-refractivity contribution is 6.00. The standard InChI is InChI=1S/C24H27N3O4/c1-17(28)25-21-10-9-20(31-2)16-22(21)26-24(30)19-12-14-27(15-13-19)23(29)11-8-18-6-4-3-5-7-18/h3-11,16,19H,12-15H2,1-2H3,(H,25,28)(H,26,30). The predicted molar refractivity (Wildman–Crippen MR) is 121 cm³/mol. The van der Waals surface area contributed by atoms with Crippen molar-refractivity contribution in [2.24, 2.45) is 5.92 Å². The van der Waals surface area contributed by atoms with Crippen molar-refractivity contribution in [3.8, 4) is 5.75 Å². The van der Waals surface area contributed by atoms with Crippen LogP contribution in [0.25, 0.3) is 6.08 Å². The van der Waals surface area contributed by atoms with Crippen LogP contribution in [0.2, 0.25) is 0 Å². The van der Waals surface area contributed by atoms with E-state index in [2.05, 4.69) is 10.6 Å². The summed E-state index contributed by atoms with van der Waals surface area (Å²) in [6, 6.07) is 14.7. The lowest BCUT2D eigenvalue weighted by Crippen LogP contribution is -2.40. The van der Waals surface area contributed by atoms with Crippen molar-refractivity contribution in [2.75, 3.05) is 30.8 Å². The summed E-state index contributed by atoms with van der Waals surface area (Å²) in [6.45, 7) is 2.45. The van der Waals surface area contributed by atoms with E-state index in [0.29, 0.717) is 43.1 Å². The molecule has 0 unspecified atom stereocenters. The topological polar surface area (TPSA) is 87.7 Å². The van der Waals surface area contributed by atoms with Gasteiger partial charge in [0, 0.05) is 38.1 Å². The molecule has 1 aliphatic heterocycles. The molecular weight excluding hydrogens is 394 g/mol. The normalized spacial score (nSPS) is 14.3. The summed E-state index contributed by atoms with van der Waals surface area (Å²) in [5.74, 6) is -0.0418. The maximum absolute atomic E-state index is 12.8. The van der Waals surface area contributed by atoms with Gasteiger partial charge in [-0.3, -0.25) is 14.4 Å². The van der Waals surface area contributed by atoms with E-state index in [1.54, 1.807) is 35.3 Å². The SMILES string of the molecule is COc1ccc(NC(C)=O)c(NC(=O)C2CCN(C(=O)C=Cc3ccccc3)CC2)c1. The largest absolute Gasteiger partial charge is 0.497 e. The maximum Gasteiger partial charge on any atom is 0.246 e. The number of carbonyl (C=O) groups is 3. The van der Waals surface area contributed by atoms with Gasteiger partial charge in [0.15, 0.2) is 0 Å². The summed E-state index contributed by atoms with van der Waals surface area (Å²) >= 11 is 0. The molecule has 2 aromatic carbocycles. The zero-order valence-electron chi connectivity index (χ0n) is 17.8. The minimum Gasteiger partial charge on any atom is -0.497 e. The summed E-state index contributed by atoms with van der Waals surface area (Å²) in [7, 11) is 1.54. The van der Waals surface area contributed by atoms with E-state index in [1.165, 1.54) is 14.0 Å². The number of anilines is 2. The Hall–Kier alpha value is -3.61. The molecule has 3 rings (SSSR count). The number of ether oxygens (including phenoxy) is 1. The molecule has 0 aliphatic carbocycles. The summed E-state index contributed by atoms with van der Waals surface area (Å²) < 4.78 is 5.22. The van der Waals surface area contributed by atoms with Crippen molar-refractivity contribution in [3.05, 3.63) is 60.2 Å². The third-order valence-electron chi connectivity index (χ3n) is 5.19. The molecule has 7 heteroatoms. The Morgan fingerprint density at radius 1 is 1.00 bits per heavy atom. The van der Waals surface area contributed by atoms with Gasteiger partial charge in [-0.05, 0) is 36.6 Å². The summed E-state index contributed by atoms with van der Waals surface area (Å²) in [5.41, 5.74) is 1.97. The summed E-state index contributed by atoms with van der Waals surface area (Å²) in [5, 5.41) is 5.61. The number of nitrogens with zero attached hydrogens (tertiary/aromatic N) is 1. The lowest BCUT2D eigenvalue weighted by Gasteiger charge is -2.30. The highest BCUT2D eigenvalue weighted by Gasteiger charge is 2.27. The molecule has 0 spiro atoms. The van der Waals surface area contributed by atoms with Crippen molar-refractivity contribution >= 4 is 35.2 Å². The van der Waals surface area contributed by atoms with Crippen molar-refractivity contribution in [2.45, 2.75) is 19.8 Å². The van der Waals surface area contributed by atoms with E-state index in [1.807, 2.05) is 30.3 Å². The number of likely N-dealkylation sites (tertiary alicyclic amines) is 1. The number of hydrogen-bond acceptors (Lipinski definition) is 4. The van der Waals surface area contributed by atoms with E-state index >= 15 is 0 Å². The van der Waals surface area contributed by atoms with E-state index in [-0.39, 0.29) is 23.6 Å². The second-order valence-electron chi connectivity index (χ2n) is 7.43. The number of nitrogens with one attached hydrogen (secondary N) is 2. The number of hydrogen-bond donors (Lipinski definition) is 2. The zero-order chi connectivity index (χ0) is 22.2. The Labute approximate surface area is 182 Å². The fourth-order valence-corrected chi connectivity index (χ4v) is 3.49. The molecule has 0 bridgehead atoms. The summed E-state index contributed by atoms with van der Waals surface area (Å²) in [4.78, 5) is 38.5. The number of rotatable bonds is 6. The van der Waals surface area contributed by atoms with Crippen LogP contribution in [0.5, 0.6) is 5.75 Å². The van der Waals surface area contributed by atoms with Gasteiger partial charge in [0.1, 0.15) is 5.75 Å². The smallest absolute Gasteiger partial charge is 0.246 e. The first-order chi connectivity index (χ1) is 15.0. The van der Waals surface area contributed by atoms with Gasteiger partial charge >= 0.3 is 0 Å². The number of amides is 3. The van der Waals surface area contributed by atoms with Gasteiger partial charge in [-0.25, -0.2) is 0 Å². The first kappa shape index (κ1) is 22.1. The zero-order valence-corrected chi connectivity index (χ0v) is 17.8. The molecule has 162 valence electrons. The fourth-order valence-electron chi connectivity index (χ4n) is 3.49. The highest BCUT2D eigenvalue weighted by atomic mass is 16.5. The molecule has 7 nitrogen and oxygen atoms in total. The predicted octanol–water partition coefficient (Wildman–Crippen LogP) is 3.54. The van der Waals surface area contributed by atoms with Crippen molar-refractivity contribution in [3.63, 3.8) is 0 Å². The van der Waals surface area contributed by atoms with E-state index in [4.69, 9.17) is 4.74 Å². The van der Waals surface area contributed by atoms with Crippen LogP contribution in [-0.4, -0.2) is 42.8 Å². The number of benzene rings is 2. The number of methoxy groups -OCH3 is 1. The van der Waals surface area contributed by atoms with Crippen molar-refractivity contribution in [1.82, 2.24) is 4.90 Å². The molecule has 3 amide bonds. The van der Waals surface area contributed by atoms with Crippen LogP contribution < -0.4 is 15.4 Å². The van der Waals surface area contributed by atoms with Gasteiger partial charge < -0.3 is 20.3 Å². The molecule has 1 aliphatic rings. The van der Waals surface area contributed by atoms with Crippen molar-refractivity contribution < 1.29 is 19.1 Å². The molecule has 2 N–H and O–H groups in total. The van der Waals surface area contributed by atoms with Gasteiger partial charge in [0.25, 0.3) is 0 Å². The Balaban J connectivity index is 1.57. The minimum absolute atomic E-state index is 0.0524. The molecular formula is C24H27N3O4. The third-order valence-corrected chi connectivity index (χ3v) is 5.19. The van der Waals surface area contributed by atoms with E-state index in [0.717, 1.165) is 5.56 Å². The third kappa shape index (κ3) is 6.18. The quantitative estimate of drug-likeness (QED) is 0.699. The maximum atomic E-state index is 12.8. The lowest BCUT2D eigenvalue weighted by atomic mass is 9.95. The molecule has 1 fully saturated rings. The molecule has 31 heavy (non-hydrogen) atoms. The summed E-state index contributed by atoms with van der Waals surface area (Å²) in [6.07, 6.45) is 4.53. The van der Waals surface area contributed by atoms with Gasteiger partial charge in [-0.2, -0.15) is 0 Å². The molecule has 1 heterocycles. The first-order valence-corrected chi connectivity index (χ1v) is 10.2. The van der Waals surface area contributed by atoms with Crippen molar-refractivity contribution in [1.29, 1.82) is 0 Å². The average molecular weight is 421 g/mol. The van der Waals surface area contributed by atoms with Crippen LogP contribution in [0.4, 0.5) is 11.4 Å². The molecule has 0 saturated carbocycles. The Kier molecular flexibility index (Phi) is 7.43. The Bertz CT molecular complexity index is 964. The first-order valence-electron chi connectivity index (χ1n) is 10.2. The average Bonchev–Trinajstić information content (AvgIpc) is 2.79. The van der Waals surface area contributed by atoms with Gasteiger partial charge in [-0.15, -0.1) is 0 Å². The van der Waals surface area contributed by atoms with Crippen LogP contribution in [0, 0.1) is 5.92 Å². The second kappa shape index (κ2) is 10.4. The minimum atomic E-state index is -0.226. The van der Waals surface area contributed by atoms with Crippen LogP contribution in [0.1, 0.15) is 25.3 Å². The van der Waals surface area contributed by atoms with E-state index < -0.39 is 0 Å². The number of piperidine rings is 1. The van der Waals surface area contributed by atoms with Gasteiger partial charge in [-0.1, -0.05) is 30.3 Å². The monoisotopic (exact) mass is 421 g/mol. The Morgan fingerprint density at radius 2 is 1.71 bits per heavy atom. The lowest BCUT2D eigenvalue weighted by molar-refractivity contribution is -0.130. The molecule has 0 atom stereocenters. The Morgan fingerprint density at radius 3 is 2.35 bits per heavy atom. The van der Waals surface area contributed by atoms with Gasteiger partial charge in [0.2, 0.25) is 17.7 Å². The molecule has 1 saturated heterocycles. The highest BCUT2D eigenvalue weighted by Crippen LogP contribution is 2.29. The van der Waals surface area contributed by atoms with Crippen LogP contribution in [-0.2, 0) is 14.4 Å². The second-order valence-corrected chi connectivity index (χ2v) is 7.43. The van der Waals surface area contributed by atoms with Crippen LogP contribution >= 0.6 is 0 Å². The number of carbonyl (C=O) groups excluding carboxylic acids is 3. The van der Waals surface area contributed by atoms with Crippen LogP contribution in [0.15, 0.2) is 54.6 Å². The fraction of sp³-hybridized carbons (Fsp3) is 0.292.